The lowest BCUT2D eigenvalue weighted by molar-refractivity contribution is 0.0994. The van der Waals surface area contributed by atoms with Crippen molar-refractivity contribution in [2.45, 2.75) is 12.2 Å². The molecule has 0 aliphatic heterocycles. The van der Waals surface area contributed by atoms with Gasteiger partial charge in [0.15, 0.2) is 5.78 Å². The maximum Gasteiger partial charge on any atom is 0.177 e. The first kappa shape index (κ1) is 13.8. The Kier molecular flexibility index (Phi) is 5.62. The Morgan fingerprint density at radius 2 is 2.19 bits per heavy atom. The molecule has 0 fully saturated rings. The Morgan fingerprint density at radius 1 is 1.50 bits per heavy atom. The third-order valence-electron chi connectivity index (χ3n) is 2.02. The largest absolute Gasteiger partial charge is 0.396 e. The normalized spacial score (nSPS) is 12.5. The van der Waals surface area contributed by atoms with Crippen LogP contribution in [-0.2, 0) is 0 Å². The average Bonchev–Trinajstić information content (AvgIpc) is 2.25. The minimum atomic E-state index is -0.217. The molecule has 2 nitrogen and oxygen atoms in total. The second-order valence-corrected chi connectivity index (χ2v) is 5.52. The molecule has 0 bridgehead atoms. The number of ketones is 1. The van der Waals surface area contributed by atoms with E-state index in [0.29, 0.717) is 21.4 Å². The number of carbonyl (C=O) groups is 1. The molecule has 1 aromatic carbocycles. The van der Waals surface area contributed by atoms with Crippen molar-refractivity contribution in [2.75, 3.05) is 12.4 Å². The highest BCUT2D eigenvalue weighted by Gasteiger charge is 2.18. The highest BCUT2D eigenvalue weighted by Crippen LogP contribution is 2.25. The van der Waals surface area contributed by atoms with Crippen LogP contribution in [0.3, 0.4) is 0 Å². The van der Waals surface area contributed by atoms with E-state index in [2.05, 4.69) is 0 Å². The predicted octanol–water partition coefficient (Wildman–Crippen LogP) is 3.29. The Bertz CT molecular complexity index is 382. The number of hydrogen-bond donors (Lipinski definition) is 1. The Morgan fingerprint density at radius 3 is 2.75 bits per heavy atom. The SMILES string of the molecule is CC(SCCO)C(=O)c1ccc(Cl)cc1Cl. The summed E-state index contributed by atoms with van der Waals surface area (Å²) < 4.78 is 0. The topological polar surface area (TPSA) is 37.3 Å². The van der Waals surface area contributed by atoms with E-state index in [1.165, 1.54) is 11.8 Å². The number of thioether (sulfide) groups is 1. The van der Waals surface area contributed by atoms with Gasteiger partial charge in [-0.1, -0.05) is 23.2 Å². The molecular formula is C11H12Cl2O2S. The van der Waals surface area contributed by atoms with Crippen molar-refractivity contribution in [3.8, 4) is 0 Å². The van der Waals surface area contributed by atoms with E-state index in [1.54, 1.807) is 25.1 Å². The predicted molar refractivity (Wildman–Crippen MR) is 69.8 cm³/mol. The van der Waals surface area contributed by atoms with E-state index in [4.69, 9.17) is 28.3 Å². The molecule has 0 saturated carbocycles. The average molecular weight is 279 g/mol. The Labute approximate surface area is 109 Å². The zero-order valence-electron chi connectivity index (χ0n) is 8.74. The Hall–Kier alpha value is -0.220. The first-order valence-corrected chi connectivity index (χ1v) is 6.58. The second kappa shape index (κ2) is 6.50. The van der Waals surface area contributed by atoms with Gasteiger partial charge in [0, 0.05) is 16.3 Å². The molecule has 0 saturated heterocycles. The fourth-order valence-corrected chi connectivity index (χ4v) is 2.45. The van der Waals surface area contributed by atoms with Gasteiger partial charge in [-0.25, -0.2) is 0 Å². The fraction of sp³-hybridized carbons (Fsp3) is 0.364. The number of carbonyl (C=O) groups excluding carboxylic acids is 1. The van der Waals surface area contributed by atoms with E-state index in [1.807, 2.05) is 0 Å². The quantitative estimate of drug-likeness (QED) is 0.840. The minimum absolute atomic E-state index is 0.0416. The third-order valence-corrected chi connectivity index (χ3v) is 3.71. The van der Waals surface area contributed by atoms with Crippen LogP contribution in [0.2, 0.25) is 10.0 Å². The monoisotopic (exact) mass is 278 g/mol. The van der Waals surface area contributed by atoms with Crippen LogP contribution in [0.5, 0.6) is 0 Å². The molecule has 0 aromatic heterocycles. The van der Waals surface area contributed by atoms with Crippen molar-refractivity contribution in [2.24, 2.45) is 0 Å². The number of benzene rings is 1. The molecule has 1 unspecified atom stereocenters. The van der Waals surface area contributed by atoms with Gasteiger partial charge in [0.1, 0.15) is 0 Å². The first-order valence-electron chi connectivity index (χ1n) is 4.78. The molecular weight excluding hydrogens is 267 g/mol. The van der Waals surface area contributed by atoms with Gasteiger partial charge in [-0.15, -0.1) is 11.8 Å². The van der Waals surface area contributed by atoms with Gasteiger partial charge in [0.05, 0.1) is 16.9 Å². The fourth-order valence-electron chi connectivity index (χ4n) is 1.21. The molecule has 0 aliphatic rings. The van der Waals surface area contributed by atoms with Crippen LogP contribution in [0, 0.1) is 0 Å². The maximum atomic E-state index is 12.0. The van der Waals surface area contributed by atoms with Crippen molar-refractivity contribution in [3.63, 3.8) is 0 Å². The van der Waals surface area contributed by atoms with E-state index in [-0.39, 0.29) is 17.6 Å². The molecule has 5 heteroatoms. The van der Waals surface area contributed by atoms with Crippen molar-refractivity contribution in [1.82, 2.24) is 0 Å². The summed E-state index contributed by atoms with van der Waals surface area (Å²) in [5, 5.41) is 9.35. The van der Waals surface area contributed by atoms with Crippen LogP contribution in [0.25, 0.3) is 0 Å². The lowest BCUT2D eigenvalue weighted by atomic mass is 10.1. The van der Waals surface area contributed by atoms with Crippen LogP contribution in [0.1, 0.15) is 17.3 Å². The number of hydrogen-bond acceptors (Lipinski definition) is 3. The smallest absolute Gasteiger partial charge is 0.177 e. The van der Waals surface area contributed by atoms with E-state index in [0.717, 1.165) is 0 Å². The summed E-state index contributed by atoms with van der Waals surface area (Å²) in [6, 6.07) is 4.83. The summed E-state index contributed by atoms with van der Waals surface area (Å²) in [5.41, 5.74) is 0.476. The number of aliphatic hydroxyl groups excluding tert-OH is 1. The molecule has 0 heterocycles. The van der Waals surface area contributed by atoms with E-state index in [9.17, 15) is 4.79 Å². The summed E-state index contributed by atoms with van der Waals surface area (Å²) in [6.45, 7) is 1.87. The van der Waals surface area contributed by atoms with Crippen LogP contribution >= 0.6 is 35.0 Å². The number of halogens is 2. The van der Waals surface area contributed by atoms with Gasteiger partial charge in [-0.2, -0.15) is 0 Å². The summed E-state index contributed by atoms with van der Waals surface area (Å²) in [5.74, 6) is 0.498. The van der Waals surface area contributed by atoms with Crippen molar-refractivity contribution >= 4 is 40.7 Å². The van der Waals surface area contributed by atoms with Crippen LogP contribution < -0.4 is 0 Å². The standard InChI is InChI=1S/C11H12Cl2O2S/c1-7(16-5-4-14)11(15)9-3-2-8(12)6-10(9)13/h2-3,6-7,14H,4-5H2,1H3. The van der Waals surface area contributed by atoms with Gasteiger partial charge in [0.2, 0.25) is 0 Å². The number of Topliss-reactive ketones (excluding diaryl/α,β-unsaturated/α-hetero) is 1. The van der Waals surface area contributed by atoms with Crippen LogP contribution in [0.15, 0.2) is 18.2 Å². The van der Waals surface area contributed by atoms with E-state index < -0.39 is 0 Å². The number of aliphatic hydroxyl groups is 1. The first-order chi connectivity index (χ1) is 7.56. The van der Waals surface area contributed by atoms with Gasteiger partial charge in [0.25, 0.3) is 0 Å². The molecule has 1 atom stereocenters. The highest BCUT2D eigenvalue weighted by molar-refractivity contribution is 8.00. The molecule has 16 heavy (non-hydrogen) atoms. The molecule has 1 aromatic rings. The number of rotatable bonds is 5. The molecule has 0 aliphatic carbocycles. The molecule has 1 N–H and O–H groups in total. The van der Waals surface area contributed by atoms with Crippen molar-refractivity contribution in [3.05, 3.63) is 33.8 Å². The van der Waals surface area contributed by atoms with E-state index >= 15 is 0 Å². The van der Waals surface area contributed by atoms with Gasteiger partial charge in [-0.3, -0.25) is 4.79 Å². The summed E-state index contributed by atoms with van der Waals surface area (Å²) in [4.78, 5) is 12.0. The second-order valence-electron chi connectivity index (χ2n) is 3.23. The highest BCUT2D eigenvalue weighted by atomic mass is 35.5. The summed E-state index contributed by atoms with van der Waals surface area (Å²) in [7, 11) is 0. The van der Waals surface area contributed by atoms with Gasteiger partial charge < -0.3 is 5.11 Å². The van der Waals surface area contributed by atoms with Crippen molar-refractivity contribution in [1.29, 1.82) is 0 Å². The molecule has 0 amide bonds. The van der Waals surface area contributed by atoms with Crippen LogP contribution in [0.4, 0.5) is 0 Å². The lowest BCUT2D eigenvalue weighted by Gasteiger charge is -2.10. The Balaban J connectivity index is 2.79. The molecule has 0 spiro atoms. The van der Waals surface area contributed by atoms with Gasteiger partial charge >= 0.3 is 0 Å². The zero-order chi connectivity index (χ0) is 12.1. The minimum Gasteiger partial charge on any atom is -0.396 e. The van der Waals surface area contributed by atoms with Crippen LogP contribution in [-0.4, -0.2) is 28.5 Å². The summed E-state index contributed by atoms with van der Waals surface area (Å²) in [6.07, 6.45) is 0. The lowest BCUT2D eigenvalue weighted by Crippen LogP contribution is -2.15. The van der Waals surface area contributed by atoms with Crippen molar-refractivity contribution < 1.29 is 9.90 Å². The molecule has 1 rings (SSSR count). The summed E-state index contributed by atoms with van der Waals surface area (Å²) >= 11 is 13.1. The van der Waals surface area contributed by atoms with Gasteiger partial charge in [-0.05, 0) is 25.1 Å². The third kappa shape index (κ3) is 3.67. The maximum absolute atomic E-state index is 12.0. The molecule has 88 valence electrons. The zero-order valence-corrected chi connectivity index (χ0v) is 11.1. The molecule has 0 radical (unpaired) electrons.